The molecule has 0 saturated carbocycles. The molecule has 0 amide bonds. The number of hydrogen-bond acceptors (Lipinski definition) is 5. The number of azide groups is 1. The fraction of sp³-hybridized carbons (Fsp3) is 0.250. The van der Waals surface area contributed by atoms with Gasteiger partial charge in [0.15, 0.2) is 0 Å². The van der Waals surface area contributed by atoms with Crippen LogP contribution in [0.2, 0.25) is 0 Å². The van der Waals surface area contributed by atoms with Crippen molar-refractivity contribution in [1.82, 2.24) is 0 Å². The molecule has 0 radical (unpaired) electrons. The van der Waals surface area contributed by atoms with Crippen molar-refractivity contribution in [2.75, 3.05) is 6.61 Å². The van der Waals surface area contributed by atoms with Gasteiger partial charge in [0.2, 0.25) is 5.76 Å². The van der Waals surface area contributed by atoms with Crippen LogP contribution in [-0.4, -0.2) is 17.7 Å². The second-order valence-corrected chi connectivity index (χ2v) is 3.67. The summed E-state index contributed by atoms with van der Waals surface area (Å²) in [6.45, 7) is 1.77. The molecule has 0 aliphatic heterocycles. The van der Waals surface area contributed by atoms with E-state index in [2.05, 4.69) is 10.0 Å². The van der Waals surface area contributed by atoms with Crippen LogP contribution < -0.4 is 0 Å². The summed E-state index contributed by atoms with van der Waals surface area (Å²) in [4.78, 5) is 14.4. The summed E-state index contributed by atoms with van der Waals surface area (Å²) in [5.74, 6) is -0.744. The average molecular weight is 261 g/mol. The Morgan fingerprint density at radius 3 is 3.05 bits per heavy atom. The summed E-state index contributed by atoms with van der Waals surface area (Å²) < 4.78 is 10.2. The van der Waals surface area contributed by atoms with Gasteiger partial charge in [-0.3, -0.25) is 0 Å². The highest BCUT2D eigenvalue weighted by Gasteiger charge is 2.22. The quantitative estimate of drug-likeness (QED) is 0.394. The normalized spacial score (nSPS) is 10.2. The van der Waals surface area contributed by atoms with Crippen molar-refractivity contribution in [3.05, 3.63) is 40.0 Å². The molecule has 1 heterocycles. The van der Waals surface area contributed by atoms with Crippen molar-refractivity contribution in [2.45, 2.75) is 13.5 Å². The fourth-order valence-electron chi connectivity index (χ4n) is 1.81. The second-order valence-electron chi connectivity index (χ2n) is 3.67. The van der Waals surface area contributed by atoms with Crippen LogP contribution in [0.15, 0.2) is 27.7 Å². The van der Waals surface area contributed by atoms with Crippen LogP contribution in [0.3, 0.4) is 0 Å². The summed E-state index contributed by atoms with van der Waals surface area (Å²) in [7, 11) is 0. The number of ether oxygens (including phenoxy) is 1. The van der Waals surface area contributed by atoms with E-state index >= 15 is 0 Å². The first-order valence-electron chi connectivity index (χ1n) is 5.60. The third kappa shape index (κ3) is 2.31. The minimum atomic E-state index is -0.652. The number of aromatic hydroxyl groups is 1. The molecule has 0 fully saturated rings. The first-order valence-corrected chi connectivity index (χ1v) is 5.60. The number of nitrogens with zero attached hydrogens (tertiary/aromatic N) is 3. The van der Waals surface area contributed by atoms with Crippen LogP contribution in [0, 0.1) is 0 Å². The number of phenolic OH excluding ortho intramolecular Hbond substituents is 1. The predicted molar refractivity (Wildman–Crippen MR) is 66.7 cm³/mol. The van der Waals surface area contributed by atoms with Crippen LogP contribution in [0.5, 0.6) is 5.75 Å². The Morgan fingerprint density at radius 2 is 2.37 bits per heavy atom. The number of fused-ring (bicyclic) bond motifs is 1. The lowest BCUT2D eigenvalue weighted by molar-refractivity contribution is 0.0491. The minimum Gasteiger partial charge on any atom is -0.507 e. The first kappa shape index (κ1) is 12.8. The van der Waals surface area contributed by atoms with Gasteiger partial charge in [0, 0.05) is 10.5 Å². The molecule has 1 aromatic carbocycles. The summed E-state index contributed by atoms with van der Waals surface area (Å²) >= 11 is 0. The van der Waals surface area contributed by atoms with Crippen molar-refractivity contribution < 1.29 is 19.1 Å². The van der Waals surface area contributed by atoms with E-state index in [1.54, 1.807) is 19.1 Å². The average Bonchev–Trinajstić information content (AvgIpc) is 2.77. The lowest BCUT2D eigenvalue weighted by Gasteiger charge is -2.00. The van der Waals surface area contributed by atoms with Gasteiger partial charge < -0.3 is 14.3 Å². The number of benzene rings is 1. The van der Waals surface area contributed by atoms with Crippen LogP contribution in [0.4, 0.5) is 0 Å². The lowest BCUT2D eigenvalue weighted by atomic mass is 10.1. The van der Waals surface area contributed by atoms with Crippen LogP contribution >= 0.6 is 0 Å². The van der Waals surface area contributed by atoms with E-state index in [9.17, 15) is 9.90 Å². The molecule has 7 heteroatoms. The highest BCUT2D eigenvalue weighted by Crippen LogP contribution is 2.33. The number of phenols is 1. The molecule has 0 aliphatic carbocycles. The number of furan rings is 1. The van der Waals surface area contributed by atoms with Crippen molar-refractivity contribution in [3.8, 4) is 5.75 Å². The van der Waals surface area contributed by atoms with Gasteiger partial charge in [0.05, 0.1) is 18.5 Å². The summed E-state index contributed by atoms with van der Waals surface area (Å²) in [5, 5.41) is 13.6. The Balaban J connectivity index is 2.65. The van der Waals surface area contributed by atoms with E-state index in [1.165, 1.54) is 6.07 Å². The summed E-state index contributed by atoms with van der Waals surface area (Å²) in [6, 6.07) is 4.66. The Kier molecular flexibility index (Phi) is 3.58. The highest BCUT2D eigenvalue weighted by atomic mass is 16.5. The Hall–Kier alpha value is -2.66. The van der Waals surface area contributed by atoms with Crippen molar-refractivity contribution in [3.63, 3.8) is 0 Å². The zero-order valence-electron chi connectivity index (χ0n) is 10.2. The molecule has 1 N–H and O–H groups in total. The molecular formula is C12H11N3O4. The minimum absolute atomic E-state index is 0.0417. The van der Waals surface area contributed by atoms with Crippen molar-refractivity contribution in [2.24, 2.45) is 5.11 Å². The van der Waals surface area contributed by atoms with Crippen molar-refractivity contribution in [1.29, 1.82) is 0 Å². The van der Waals surface area contributed by atoms with Gasteiger partial charge in [-0.05, 0) is 24.6 Å². The van der Waals surface area contributed by atoms with Gasteiger partial charge in [-0.15, -0.1) is 0 Å². The largest absolute Gasteiger partial charge is 0.507 e. The fourth-order valence-corrected chi connectivity index (χ4v) is 1.81. The van der Waals surface area contributed by atoms with Gasteiger partial charge >= 0.3 is 5.97 Å². The SMILES string of the molecule is CCOC(=O)c1oc2cccc(O)c2c1CN=[N+]=[N-]. The van der Waals surface area contributed by atoms with E-state index in [-0.39, 0.29) is 24.7 Å². The monoisotopic (exact) mass is 261 g/mol. The zero-order chi connectivity index (χ0) is 13.8. The maximum Gasteiger partial charge on any atom is 0.374 e. The molecule has 0 bridgehead atoms. The van der Waals surface area contributed by atoms with E-state index in [4.69, 9.17) is 14.7 Å². The number of esters is 1. The molecule has 2 rings (SSSR count). The Labute approximate surface area is 108 Å². The standard InChI is InChI=1S/C12H11N3O4/c1-2-18-12(17)11-7(6-14-15-13)10-8(16)4-3-5-9(10)19-11/h3-5,16H,2,6H2,1H3. The molecule has 0 spiro atoms. The first-order chi connectivity index (χ1) is 9.19. The third-order valence-electron chi connectivity index (χ3n) is 2.55. The van der Waals surface area contributed by atoms with Crippen molar-refractivity contribution >= 4 is 16.9 Å². The van der Waals surface area contributed by atoms with Crippen LogP contribution in [0.1, 0.15) is 23.0 Å². The molecule has 0 atom stereocenters. The van der Waals surface area contributed by atoms with Gasteiger partial charge in [-0.2, -0.15) is 0 Å². The predicted octanol–water partition coefficient (Wildman–Crippen LogP) is 3.13. The maximum absolute atomic E-state index is 11.8. The van der Waals surface area contributed by atoms with E-state index < -0.39 is 5.97 Å². The topological polar surface area (TPSA) is 108 Å². The lowest BCUT2D eigenvalue weighted by Crippen LogP contribution is -2.05. The molecule has 98 valence electrons. The maximum atomic E-state index is 11.8. The van der Waals surface area contributed by atoms with Gasteiger partial charge in [0.1, 0.15) is 11.3 Å². The second kappa shape index (κ2) is 5.32. The summed E-state index contributed by atoms with van der Waals surface area (Å²) in [5.41, 5.74) is 9.05. The zero-order valence-corrected chi connectivity index (χ0v) is 10.2. The van der Waals surface area contributed by atoms with Gasteiger partial charge in [-0.1, -0.05) is 11.2 Å². The van der Waals surface area contributed by atoms with E-state index in [0.29, 0.717) is 16.5 Å². The molecule has 19 heavy (non-hydrogen) atoms. The van der Waals surface area contributed by atoms with Gasteiger partial charge in [-0.25, -0.2) is 4.79 Å². The molecule has 0 aliphatic rings. The Morgan fingerprint density at radius 1 is 1.58 bits per heavy atom. The summed E-state index contributed by atoms with van der Waals surface area (Å²) in [6.07, 6.45) is 0. The van der Waals surface area contributed by atoms with Crippen LogP contribution in [0.25, 0.3) is 21.4 Å². The van der Waals surface area contributed by atoms with E-state index in [0.717, 1.165) is 0 Å². The molecule has 0 unspecified atom stereocenters. The highest BCUT2D eigenvalue weighted by molar-refractivity contribution is 5.98. The number of carbonyl (C=O) groups is 1. The molecule has 1 aromatic heterocycles. The smallest absolute Gasteiger partial charge is 0.374 e. The number of rotatable bonds is 4. The number of carbonyl (C=O) groups excluding carboxylic acids is 1. The molecule has 2 aromatic rings. The molecular weight excluding hydrogens is 250 g/mol. The third-order valence-corrected chi connectivity index (χ3v) is 2.55. The van der Waals surface area contributed by atoms with E-state index in [1.807, 2.05) is 0 Å². The van der Waals surface area contributed by atoms with Gasteiger partial charge in [0.25, 0.3) is 0 Å². The number of hydrogen-bond donors (Lipinski definition) is 1. The molecule has 0 saturated heterocycles. The van der Waals surface area contributed by atoms with Crippen LogP contribution in [-0.2, 0) is 11.3 Å². The Bertz CT molecular complexity index is 671. The molecule has 7 nitrogen and oxygen atoms in total.